The van der Waals surface area contributed by atoms with Gasteiger partial charge in [0.15, 0.2) is 6.10 Å². The summed E-state index contributed by atoms with van der Waals surface area (Å²) in [5.41, 5.74) is 0. The Morgan fingerprint density at radius 1 is 0.571 bits per heavy atom. The van der Waals surface area contributed by atoms with Crippen molar-refractivity contribution in [2.75, 3.05) is 47.5 Å². The normalized spacial score (nSPS) is 14.3. The molecule has 0 aromatic rings. The molecule has 9 nitrogen and oxygen atoms in total. The Morgan fingerprint density at radius 3 is 1.62 bits per heavy atom. The Kier molecular flexibility index (Phi) is 36.3. The fourth-order valence-corrected chi connectivity index (χ4v) is 6.03. The van der Waals surface area contributed by atoms with Crippen LogP contribution in [-0.4, -0.2) is 74.9 Å². The number of hydrogen-bond donors (Lipinski definition) is 1. The second kappa shape index (κ2) is 38.0. The van der Waals surface area contributed by atoms with Gasteiger partial charge < -0.3 is 18.9 Å². The monoisotopic (exact) mass is 807 g/mol. The van der Waals surface area contributed by atoms with Gasteiger partial charge in [0.1, 0.15) is 19.8 Å². The van der Waals surface area contributed by atoms with Gasteiger partial charge in [0.2, 0.25) is 0 Å². The number of nitrogens with zero attached hydrogens (tertiary/aromatic N) is 1. The van der Waals surface area contributed by atoms with Gasteiger partial charge in [-0.15, -0.1) is 0 Å². The maximum Gasteiger partial charge on any atom is 0.472 e. The number of likely N-dealkylation sites (N-methyl/N-ethyl adjacent to an activating group) is 1. The maximum atomic E-state index is 12.7. The molecule has 0 saturated carbocycles. The Morgan fingerprint density at radius 2 is 1.05 bits per heavy atom. The molecule has 0 rings (SSSR count). The van der Waals surface area contributed by atoms with Crippen LogP contribution >= 0.6 is 7.82 Å². The number of quaternary nitrogens is 1. The second-order valence-corrected chi connectivity index (χ2v) is 16.9. The highest BCUT2D eigenvalue weighted by Crippen LogP contribution is 2.43. The summed E-state index contributed by atoms with van der Waals surface area (Å²) in [6, 6.07) is 0. The quantitative estimate of drug-likeness (QED) is 0.0164. The standard InChI is InChI=1S/C46H80NO8P/c1-6-8-10-12-14-16-18-20-22-23-25-26-28-30-32-34-36-38-45(48)52-42-44(43-54-56(50,51)53-41-40-47(3,4)5)55-46(49)39-37-35-33-31-29-27-24-21-19-17-15-13-11-9-7-2/h10,12,16-19,21-24,26,28,44H,6-9,11,13-15,20,25,27,29-43H2,1-5H3/p+1/b12-10+,18-16+,19-17+,23-22+,24-21+,28-26+/t44-/m1/s1. The van der Waals surface area contributed by atoms with Gasteiger partial charge in [0.05, 0.1) is 27.7 Å². The number of allylic oxidation sites excluding steroid dienone is 12. The Labute approximate surface area is 342 Å². The first-order chi connectivity index (χ1) is 27.0. The minimum atomic E-state index is -4.39. The molecule has 0 bridgehead atoms. The molecule has 0 saturated heterocycles. The van der Waals surface area contributed by atoms with Crippen LogP contribution in [0.25, 0.3) is 0 Å². The van der Waals surface area contributed by atoms with E-state index in [0.29, 0.717) is 23.9 Å². The van der Waals surface area contributed by atoms with Gasteiger partial charge >= 0.3 is 19.8 Å². The first-order valence-corrected chi connectivity index (χ1v) is 23.2. The van der Waals surface area contributed by atoms with E-state index in [1.165, 1.54) is 32.1 Å². The van der Waals surface area contributed by atoms with Gasteiger partial charge in [-0.3, -0.25) is 18.6 Å². The molecule has 0 spiro atoms. The van der Waals surface area contributed by atoms with Gasteiger partial charge in [0.25, 0.3) is 0 Å². The first kappa shape index (κ1) is 53.5. The van der Waals surface area contributed by atoms with Crippen LogP contribution in [-0.2, 0) is 32.7 Å². The summed E-state index contributed by atoms with van der Waals surface area (Å²) in [4.78, 5) is 35.3. The lowest BCUT2D eigenvalue weighted by atomic mass is 10.1. The van der Waals surface area contributed by atoms with Gasteiger partial charge in [-0.2, -0.15) is 0 Å². The average molecular weight is 807 g/mol. The van der Waals surface area contributed by atoms with E-state index in [-0.39, 0.29) is 26.1 Å². The van der Waals surface area contributed by atoms with E-state index < -0.39 is 32.5 Å². The van der Waals surface area contributed by atoms with E-state index in [1.807, 2.05) is 21.1 Å². The summed E-state index contributed by atoms with van der Waals surface area (Å²) >= 11 is 0. The smallest absolute Gasteiger partial charge is 0.462 e. The van der Waals surface area contributed by atoms with Crippen molar-refractivity contribution >= 4 is 19.8 Å². The molecule has 0 fully saturated rings. The Bertz CT molecular complexity index is 1180. The number of esters is 2. The van der Waals surface area contributed by atoms with Gasteiger partial charge in [0, 0.05) is 12.8 Å². The molecule has 0 aliphatic rings. The molecule has 0 aromatic heterocycles. The van der Waals surface area contributed by atoms with E-state index in [1.54, 1.807) is 0 Å². The largest absolute Gasteiger partial charge is 0.472 e. The summed E-state index contributed by atoms with van der Waals surface area (Å²) in [6.45, 7) is 4.26. The molecule has 0 radical (unpaired) electrons. The van der Waals surface area contributed by atoms with Crippen molar-refractivity contribution < 1.29 is 42.1 Å². The molecular formula is C46H81NO8P+. The van der Waals surface area contributed by atoms with Gasteiger partial charge in [-0.05, 0) is 77.0 Å². The molecule has 1 unspecified atom stereocenters. The topological polar surface area (TPSA) is 108 Å². The summed E-state index contributed by atoms with van der Waals surface area (Å²) in [5, 5.41) is 0. The third-order valence-electron chi connectivity index (χ3n) is 8.72. The van der Waals surface area contributed by atoms with Crippen LogP contribution in [0.15, 0.2) is 72.9 Å². The predicted molar refractivity (Wildman–Crippen MR) is 233 cm³/mol. The highest BCUT2D eigenvalue weighted by atomic mass is 31.2. The third-order valence-corrected chi connectivity index (χ3v) is 9.70. The lowest BCUT2D eigenvalue weighted by molar-refractivity contribution is -0.870. The summed E-state index contributed by atoms with van der Waals surface area (Å²) in [5.74, 6) is -0.860. The van der Waals surface area contributed by atoms with Crippen LogP contribution in [0.2, 0.25) is 0 Å². The number of phosphoric acid groups is 1. The molecule has 322 valence electrons. The Hall–Kier alpha value is -2.55. The lowest BCUT2D eigenvalue weighted by Gasteiger charge is -2.24. The molecule has 1 N–H and O–H groups in total. The molecule has 56 heavy (non-hydrogen) atoms. The van der Waals surface area contributed by atoms with Gasteiger partial charge in [-0.25, -0.2) is 4.57 Å². The molecule has 0 aliphatic heterocycles. The number of unbranched alkanes of at least 4 members (excludes halogenated alkanes) is 13. The fourth-order valence-electron chi connectivity index (χ4n) is 5.29. The molecule has 0 aliphatic carbocycles. The first-order valence-electron chi connectivity index (χ1n) is 21.7. The fraction of sp³-hybridized carbons (Fsp3) is 0.696. The van der Waals surface area contributed by atoms with Crippen molar-refractivity contribution in [3.63, 3.8) is 0 Å². The number of carbonyl (C=O) groups excluding carboxylic acids is 2. The molecule has 2 atom stereocenters. The Balaban J connectivity index is 4.48. The van der Waals surface area contributed by atoms with E-state index in [4.69, 9.17) is 18.5 Å². The molecule has 0 amide bonds. The minimum Gasteiger partial charge on any atom is -0.462 e. The predicted octanol–water partition coefficient (Wildman–Crippen LogP) is 12.2. The van der Waals surface area contributed by atoms with Crippen molar-refractivity contribution in [1.82, 2.24) is 0 Å². The van der Waals surface area contributed by atoms with E-state index in [0.717, 1.165) is 83.5 Å². The van der Waals surface area contributed by atoms with Crippen LogP contribution in [0, 0.1) is 0 Å². The summed E-state index contributed by atoms with van der Waals surface area (Å²) < 4.78 is 34.2. The average Bonchev–Trinajstić information content (AvgIpc) is 3.15. The van der Waals surface area contributed by atoms with E-state index >= 15 is 0 Å². The van der Waals surface area contributed by atoms with E-state index in [2.05, 4.69) is 86.8 Å². The lowest BCUT2D eigenvalue weighted by Crippen LogP contribution is -2.37. The van der Waals surface area contributed by atoms with Crippen molar-refractivity contribution in [1.29, 1.82) is 0 Å². The van der Waals surface area contributed by atoms with Crippen LogP contribution in [0.1, 0.15) is 155 Å². The molecule has 0 heterocycles. The highest BCUT2D eigenvalue weighted by Gasteiger charge is 2.27. The maximum absolute atomic E-state index is 12.7. The number of carbonyl (C=O) groups is 2. The van der Waals surface area contributed by atoms with Crippen molar-refractivity contribution in [3.05, 3.63) is 72.9 Å². The van der Waals surface area contributed by atoms with Gasteiger partial charge in [-0.1, -0.05) is 138 Å². The van der Waals surface area contributed by atoms with Crippen molar-refractivity contribution in [3.8, 4) is 0 Å². The zero-order valence-electron chi connectivity index (χ0n) is 36.1. The summed E-state index contributed by atoms with van der Waals surface area (Å²) in [7, 11) is 1.43. The van der Waals surface area contributed by atoms with Crippen LogP contribution in [0.5, 0.6) is 0 Å². The molecule has 10 heteroatoms. The van der Waals surface area contributed by atoms with Crippen LogP contribution in [0.4, 0.5) is 0 Å². The van der Waals surface area contributed by atoms with Crippen LogP contribution < -0.4 is 0 Å². The minimum absolute atomic E-state index is 0.0194. The van der Waals surface area contributed by atoms with E-state index in [9.17, 15) is 19.0 Å². The molecule has 0 aromatic carbocycles. The molecular weight excluding hydrogens is 725 g/mol. The third kappa shape index (κ3) is 41.1. The zero-order valence-corrected chi connectivity index (χ0v) is 37.0. The summed E-state index contributed by atoms with van der Waals surface area (Å²) in [6.07, 6.45) is 46.6. The highest BCUT2D eigenvalue weighted by molar-refractivity contribution is 7.47. The number of hydrogen-bond acceptors (Lipinski definition) is 7. The number of rotatable bonds is 38. The van der Waals surface area contributed by atoms with Crippen LogP contribution in [0.3, 0.4) is 0 Å². The second-order valence-electron chi connectivity index (χ2n) is 15.4. The number of phosphoric ester groups is 1. The number of ether oxygens (including phenoxy) is 2. The van der Waals surface area contributed by atoms with Crippen molar-refractivity contribution in [2.24, 2.45) is 0 Å². The SMILES string of the molecule is CCC/C=C/C/C=C/C/C=C/C/C=C/CCCCCC(=O)OC[C@H](COP(=O)(O)OCC[N+](C)(C)C)OC(=O)CCCCCCC/C=C/C=C/CCCCCC. The zero-order chi connectivity index (χ0) is 41.4. The van der Waals surface area contributed by atoms with Crippen molar-refractivity contribution in [2.45, 2.75) is 161 Å².